The van der Waals surface area contributed by atoms with E-state index in [-0.39, 0.29) is 0 Å². The number of hydrogen-bond donors (Lipinski definition) is 2. The number of nitrogens with zero attached hydrogens (tertiary/aromatic N) is 5. The first-order chi connectivity index (χ1) is 10.3. The molecule has 0 atom stereocenters. The highest BCUT2D eigenvalue weighted by Gasteiger charge is 2.10. The van der Waals surface area contributed by atoms with Crippen LogP contribution >= 0.6 is 11.8 Å². The number of fused-ring (bicyclic) bond motifs is 1. The molecular weight excluding hydrogens is 286 g/mol. The highest BCUT2D eigenvalue weighted by Crippen LogP contribution is 2.29. The maximum Gasteiger partial charge on any atom is 0.181 e. The molecule has 3 aromatic heterocycles. The molecule has 3 aromatic rings. The van der Waals surface area contributed by atoms with Gasteiger partial charge in [0.05, 0.1) is 6.33 Å². The number of aromatic amines is 1. The standard InChI is InChI=1S/C13H15N7S/c1-3-4-14-9-5-10(20-8(2)19-9)21-13-11-12(16-6-15-11)17-7-18-13/h5-7H,3-4H2,1-2H3,(H,14,19,20)(H,15,16,17,18). The molecule has 3 heterocycles. The number of aromatic nitrogens is 6. The van der Waals surface area contributed by atoms with Gasteiger partial charge in [-0.15, -0.1) is 0 Å². The van der Waals surface area contributed by atoms with E-state index in [1.54, 1.807) is 6.33 Å². The lowest BCUT2D eigenvalue weighted by Gasteiger charge is -2.07. The smallest absolute Gasteiger partial charge is 0.181 e. The van der Waals surface area contributed by atoms with Crippen molar-refractivity contribution < 1.29 is 0 Å². The van der Waals surface area contributed by atoms with E-state index < -0.39 is 0 Å². The summed E-state index contributed by atoms with van der Waals surface area (Å²) in [5.41, 5.74) is 1.48. The summed E-state index contributed by atoms with van der Waals surface area (Å²) in [6, 6.07) is 1.93. The van der Waals surface area contributed by atoms with Gasteiger partial charge in [-0.25, -0.2) is 24.9 Å². The molecule has 108 valence electrons. The first-order valence-corrected chi connectivity index (χ1v) is 7.49. The summed E-state index contributed by atoms with van der Waals surface area (Å²) in [5, 5.41) is 4.92. The Morgan fingerprint density at radius 2 is 2.14 bits per heavy atom. The number of hydrogen-bond acceptors (Lipinski definition) is 7. The van der Waals surface area contributed by atoms with Gasteiger partial charge in [0.15, 0.2) is 5.65 Å². The Balaban J connectivity index is 1.90. The van der Waals surface area contributed by atoms with Crippen LogP contribution in [0.15, 0.2) is 28.8 Å². The van der Waals surface area contributed by atoms with Crippen LogP contribution in [0.4, 0.5) is 5.82 Å². The molecule has 8 heteroatoms. The van der Waals surface area contributed by atoms with Crippen molar-refractivity contribution >= 4 is 28.7 Å². The second kappa shape index (κ2) is 6.04. The zero-order chi connectivity index (χ0) is 14.7. The largest absolute Gasteiger partial charge is 0.370 e. The average Bonchev–Trinajstić information content (AvgIpc) is 2.94. The van der Waals surface area contributed by atoms with E-state index in [4.69, 9.17) is 0 Å². The lowest BCUT2D eigenvalue weighted by molar-refractivity contribution is 0.926. The van der Waals surface area contributed by atoms with E-state index >= 15 is 0 Å². The van der Waals surface area contributed by atoms with Crippen LogP contribution in [0.1, 0.15) is 19.2 Å². The summed E-state index contributed by atoms with van der Waals surface area (Å²) in [4.78, 5) is 24.4. The molecule has 0 aliphatic carbocycles. The minimum Gasteiger partial charge on any atom is -0.370 e. The fourth-order valence-electron chi connectivity index (χ4n) is 1.86. The topological polar surface area (TPSA) is 92.3 Å². The third kappa shape index (κ3) is 3.10. The van der Waals surface area contributed by atoms with Gasteiger partial charge in [0.1, 0.15) is 33.5 Å². The van der Waals surface area contributed by atoms with E-state index in [9.17, 15) is 0 Å². The molecule has 21 heavy (non-hydrogen) atoms. The molecule has 2 N–H and O–H groups in total. The SMILES string of the molecule is CCCNc1cc(Sc2ncnc3nc[nH]c23)nc(C)n1. The molecule has 0 saturated carbocycles. The van der Waals surface area contributed by atoms with Crippen molar-refractivity contribution in [2.75, 3.05) is 11.9 Å². The Morgan fingerprint density at radius 1 is 1.24 bits per heavy atom. The van der Waals surface area contributed by atoms with Crippen molar-refractivity contribution in [1.29, 1.82) is 0 Å². The van der Waals surface area contributed by atoms with E-state index in [1.165, 1.54) is 18.1 Å². The monoisotopic (exact) mass is 301 g/mol. The van der Waals surface area contributed by atoms with Gasteiger partial charge < -0.3 is 10.3 Å². The van der Waals surface area contributed by atoms with Gasteiger partial charge >= 0.3 is 0 Å². The molecule has 0 aliphatic heterocycles. The van der Waals surface area contributed by atoms with Crippen LogP contribution in [-0.2, 0) is 0 Å². The van der Waals surface area contributed by atoms with Crippen LogP contribution < -0.4 is 5.32 Å². The Kier molecular flexibility index (Phi) is 3.96. The fourth-order valence-corrected chi connectivity index (χ4v) is 2.75. The molecule has 0 amide bonds. The number of imidazole rings is 1. The van der Waals surface area contributed by atoms with Crippen LogP contribution in [0.25, 0.3) is 11.2 Å². The Morgan fingerprint density at radius 3 is 3.00 bits per heavy atom. The summed E-state index contributed by atoms with van der Waals surface area (Å²) < 4.78 is 0. The first-order valence-electron chi connectivity index (χ1n) is 6.67. The minimum atomic E-state index is 0.655. The highest BCUT2D eigenvalue weighted by atomic mass is 32.2. The number of aryl methyl sites for hydroxylation is 1. The molecule has 0 aromatic carbocycles. The molecule has 0 unspecified atom stereocenters. The van der Waals surface area contributed by atoms with Crippen molar-refractivity contribution in [2.24, 2.45) is 0 Å². The second-order valence-corrected chi connectivity index (χ2v) is 5.46. The van der Waals surface area contributed by atoms with Gasteiger partial charge in [0.2, 0.25) is 0 Å². The Labute approximate surface area is 126 Å². The van der Waals surface area contributed by atoms with Gasteiger partial charge in [0.25, 0.3) is 0 Å². The van der Waals surface area contributed by atoms with E-state index in [0.717, 1.165) is 40.2 Å². The summed E-state index contributed by atoms with van der Waals surface area (Å²) in [6.45, 7) is 4.89. The number of anilines is 1. The van der Waals surface area contributed by atoms with Crippen molar-refractivity contribution in [3.05, 3.63) is 24.5 Å². The molecule has 0 bridgehead atoms. The fraction of sp³-hybridized carbons (Fsp3) is 0.308. The van der Waals surface area contributed by atoms with Crippen molar-refractivity contribution in [2.45, 2.75) is 30.3 Å². The molecule has 0 radical (unpaired) electrons. The van der Waals surface area contributed by atoms with Crippen molar-refractivity contribution in [3.8, 4) is 0 Å². The number of rotatable bonds is 5. The Bertz CT molecular complexity index is 755. The van der Waals surface area contributed by atoms with Crippen molar-refractivity contribution in [1.82, 2.24) is 29.9 Å². The van der Waals surface area contributed by atoms with Crippen LogP contribution in [0, 0.1) is 6.92 Å². The van der Waals surface area contributed by atoms with Crippen molar-refractivity contribution in [3.63, 3.8) is 0 Å². The molecular formula is C13H15N7S. The van der Waals surface area contributed by atoms with Gasteiger partial charge in [-0.05, 0) is 25.1 Å². The second-order valence-electron chi connectivity index (χ2n) is 4.45. The Hall–Kier alpha value is -2.22. The van der Waals surface area contributed by atoms with Crippen LogP contribution in [-0.4, -0.2) is 36.4 Å². The quantitative estimate of drug-likeness (QED) is 0.699. The molecule has 0 spiro atoms. The highest BCUT2D eigenvalue weighted by molar-refractivity contribution is 7.99. The molecule has 0 aliphatic rings. The lowest BCUT2D eigenvalue weighted by atomic mass is 10.4. The van der Waals surface area contributed by atoms with Gasteiger partial charge in [-0.3, -0.25) is 0 Å². The van der Waals surface area contributed by atoms with E-state index in [0.29, 0.717) is 5.65 Å². The third-order valence-corrected chi connectivity index (χ3v) is 3.68. The maximum atomic E-state index is 4.45. The summed E-state index contributed by atoms with van der Waals surface area (Å²) >= 11 is 1.47. The zero-order valence-corrected chi connectivity index (χ0v) is 12.6. The van der Waals surface area contributed by atoms with E-state index in [1.807, 2.05) is 13.0 Å². The predicted molar refractivity (Wildman–Crippen MR) is 81.4 cm³/mol. The van der Waals surface area contributed by atoms with Crippen LogP contribution in [0.2, 0.25) is 0 Å². The maximum absolute atomic E-state index is 4.45. The number of H-pyrrole nitrogens is 1. The van der Waals surface area contributed by atoms with Gasteiger partial charge in [-0.1, -0.05) is 6.92 Å². The van der Waals surface area contributed by atoms with Gasteiger partial charge in [0, 0.05) is 12.6 Å². The molecule has 0 fully saturated rings. The normalized spacial score (nSPS) is 11.0. The predicted octanol–water partition coefficient (Wildman–Crippen LogP) is 2.42. The summed E-state index contributed by atoms with van der Waals surface area (Å²) in [6.07, 6.45) is 4.17. The third-order valence-electron chi connectivity index (χ3n) is 2.76. The van der Waals surface area contributed by atoms with Crippen LogP contribution in [0.5, 0.6) is 0 Å². The summed E-state index contributed by atoms with van der Waals surface area (Å²) in [7, 11) is 0. The lowest BCUT2D eigenvalue weighted by Crippen LogP contribution is -2.04. The number of nitrogens with one attached hydrogen (secondary N) is 2. The molecule has 0 saturated heterocycles. The zero-order valence-electron chi connectivity index (χ0n) is 11.8. The van der Waals surface area contributed by atoms with E-state index in [2.05, 4.69) is 42.1 Å². The summed E-state index contributed by atoms with van der Waals surface area (Å²) in [5.74, 6) is 1.57. The molecule has 7 nitrogen and oxygen atoms in total. The van der Waals surface area contributed by atoms with Gasteiger partial charge in [-0.2, -0.15) is 0 Å². The minimum absolute atomic E-state index is 0.655. The van der Waals surface area contributed by atoms with Crippen LogP contribution in [0.3, 0.4) is 0 Å². The molecule has 3 rings (SSSR count). The average molecular weight is 301 g/mol. The first kappa shape index (κ1) is 13.7.